The van der Waals surface area contributed by atoms with Crippen LogP contribution >= 0.6 is 0 Å². The second kappa shape index (κ2) is 7.00. The molecular formula is C20H28N4O2. The second-order valence-corrected chi connectivity index (χ2v) is 8.01. The first kappa shape index (κ1) is 17.5. The van der Waals surface area contributed by atoms with Gasteiger partial charge in [0.25, 0.3) is 5.91 Å². The maximum atomic E-state index is 12.8. The van der Waals surface area contributed by atoms with Gasteiger partial charge in [-0.15, -0.1) is 0 Å². The van der Waals surface area contributed by atoms with E-state index in [1.165, 1.54) is 12.8 Å². The Bertz CT molecular complexity index is 688. The lowest BCUT2D eigenvalue weighted by molar-refractivity contribution is -0.134. The molecule has 0 bridgehead atoms. The summed E-state index contributed by atoms with van der Waals surface area (Å²) in [6, 6.07) is 6.28. The molecule has 1 saturated carbocycles. The van der Waals surface area contributed by atoms with Gasteiger partial charge in [0.2, 0.25) is 5.91 Å². The first-order chi connectivity index (χ1) is 12.5. The van der Waals surface area contributed by atoms with Crippen LogP contribution in [0.3, 0.4) is 0 Å². The van der Waals surface area contributed by atoms with E-state index >= 15 is 0 Å². The number of nitrogens with one attached hydrogen (secondary N) is 2. The first-order valence-electron chi connectivity index (χ1n) is 9.68. The molecule has 2 atom stereocenters. The molecule has 26 heavy (non-hydrogen) atoms. The lowest BCUT2D eigenvalue weighted by atomic mass is 10.0. The van der Waals surface area contributed by atoms with Gasteiger partial charge in [-0.05, 0) is 51.2 Å². The van der Waals surface area contributed by atoms with Gasteiger partial charge >= 0.3 is 0 Å². The van der Waals surface area contributed by atoms with E-state index in [0.717, 1.165) is 29.0 Å². The van der Waals surface area contributed by atoms with Gasteiger partial charge in [-0.3, -0.25) is 15.0 Å². The molecule has 3 fully saturated rings. The minimum Gasteiger partial charge on any atom is -0.338 e. The van der Waals surface area contributed by atoms with Gasteiger partial charge in [0.15, 0.2) is 0 Å². The zero-order chi connectivity index (χ0) is 18.3. The average molecular weight is 356 g/mol. The standard InChI is InChI=1S/C20H28N4O2/c1-13-9-14(2)11-16(10-13)19(25)23-5-7-24(8-6-23)20(26)18-12-17(21-22-18)15-3-4-15/h9-11,15,17-18,21-22H,3-8,12H2,1-2H3. The van der Waals surface area contributed by atoms with E-state index in [9.17, 15) is 9.59 Å². The van der Waals surface area contributed by atoms with Crippen LogP contribution in [-0.2, 0) is 4.79 Å². The molecule has 2 N–H and O–H groups in total. The molecule has 2 saturated heterocycles. The van der Waals surface area contributed by atoms with E-state index in [0.29, 0.717) is 32.2 Å². The molecule has 3 aliphatic rings. The molecule has 2 unspecified atom stereocenters. The van der Waals surface area contributed by atoms with Crippen molar-refractivity contribution in [3.63, 3.8) is 0 Å². The molecule has 1 aromatic carbocycles. The van der Waals surface area contributed by atoms with E-state index in [-0.39, 0.29) is 17.9 Å². The van der Waals surface area contributed by atoms with Crippen LogP contribution in [0.1, 0.15) is 40.7 Å². The number of aryl methyl sites for hydroxylation is 2. The lowest BCUT2D eigenvalue weighted by Crippen LogP contribution is -2.54. The van der Waals surface area contributed by atoms with Crippen molar-refractivity contribution >= 4 is 11.8 Å². The number of hydrogen-bond donors (Lipinski definition) is 2. The zero-order valence-corrected chi connectivity index (χ0v) is 15.6. The summed E-state index contributed by atoms with van der Waals surface area (Å²) in [5.74, 6) is 0.977. The Morgan fingerprint density at radius 2 is 1.54 bits per heavy atom. The van der Waals surface area contributed by atoms with E-state index in [1.54, 1.807) is 0 Å². The van der Waals surface area contributed by atoms with Crippen molar-refractivity contribution in [1.82, 2.24) is 20.7 Å². The topological polar surface area (TPSA) is 64.7 Å². The summed E-state index contributed by atoms with van der Waals surface area (Å²) in [6.07, 6.45) is 3.43. The molecule has 4 rings (SSSR count). The summed E-state index contributed by atoms with van der Waals surface area (Å²) in [5.41, 5.74) is 9.42. The van der Waals surface area contributed by atoms with Crippen LogP contribution in [-0.4, -0.2) is 59.9 Å². The summed E-state index contributed by atoms with van der Waals surface area (Å²) >= 11 is 0. The third-order valence-corrected chi connectivity index (χ3v) is 5.77. The number of rotatable bonds is 3. The van der Waals surface area contributed by atoms with Gasteiger partial charge in [0, 0.05) is 37.8 Å². The summed E-state index contributed by atoms with van der Waals surface area (Å²) < 4.78 is 0. The number of carbonyl (C=O) groups is 2. The minimum atomic E-state index is -0.123. The van der Waals surface area contributed by atoms with Crippen molar-refractivity contribution in [2.75, 3.05) is 26.2 Å². The highest BCUT2D eigenvalue weighted by molar-refractivity contribution is 5.95. The van der Waals surface area contributed by atoms with Crippen LogP contribution < -0.4 is 10.9 Å². The van der Waals surface area contributed by atoms with Crippen LogP contribution in [0.5, 0.6) is 0 Å². The van der Waals surface area contributed by atoms with Crippen LogP contribution in [0, 0.1) is 19.8 Å². The van der Waals surface area contributed by atoms with Crippen molar-refractivity contribution in [1.29, 1.82) is 0 Å². The molecule has 2 amide bonds. The summed E-state index contributed by atoms with van der Waals surface area (Å²) in [6.45, 7) is 6.45. The fraction of sp³-hybridized carbons (Fsp3) is 0.600. The molecule has 6 heteroatoms. The molecule has 2 heterocycles. The Balaban J connectivity index is 1.32. The minimum absolute atomic E-state index is 0.0679. The Labute approximate surface area is 154 Å². The molecule has 0 spiro atoms. The van der Waals surface area contributed by atoms with Gasteiger partial charge in [-0.2, -0.15) is 0 Å². The Kier molecular flexibility index (Phi) is 4.71. The molecule has 1 aromatic rings. The SMILES string of the molecule is Cc1cc(C)cc(C(=O)N2CCN(C(=O)C3CC(C4CC4)NN3)CC2)c1. The maximum absolute atomic E-state index is 12.8. The number of piperazine rings is 1. The highest BCUT2D eigenvalue weighted by Crippen LogP contribution is 2.35. The highest BCUT2D eigenvalue weighted by Gasteiger charge is 2.40. The average Bonchev–Trinajstić information content (AvgIpc) is 3.37. The van der Waals surface area contributed by atoms with Crippen molar-refractivity contribution in [3.8, 4) is 0 Å². The van der Waals surface area contributed by atoms with Crippen molar-refractivity contribution in [3.05, 3.63) is 34.9 Å². The lowest BCUT2D eigenvalue weighted by Gasteiger charge is -2.36. The molecule has 140 valence electrons. The summed E-state index contributed by atoms with van der Waals surface area (Å²) in [4.78, 5) is 29.3. The van der Waals surface area contributed by atoms with Crippen molar-refractivity contribution in [2.24, 2.45) is 5.92 Å². The molecule has 0 radical (unpaired) electrons. The van der Waals surface area contributed by atoms with E-state index in [2.05, 4.69) is 16.9 Å². The van der Waals surface area contributed by atoms with Crippen LogP contribution in [0.2, 0.25) is 0 Å². The largest absolute Gasteiger partial charge is 0.338 e. The van der Waals surface area contributed by atoms with Gasteiger partial charge in [-0.25, -0.2) is 5.43 Å². The van der Waals surface area contributed by atoms with E-state index < -0.39 is 0 Å². The zero-order valence-electron chi connectivity index (χ0n) is 15.6. The van der Waals surface area contributed by atoms with Gasteiger partial charge in [-0.1, -0.05) is 17.2 Å². The normalized spacial score (nSPS) is 26.2. The smallest absolute Gasteiger partial charge is 0.253 e. The summed E-state index contributed by atoms with van der Waals surface area (Å²) in [5, 5.41) is 0. The van der Waals surface area contributed by atoms with E-state index in [1.807, 2.05) is 35.8 Å². The molecular weight excluding hydrogens is 328 g/mol. The number of carbonyl (C=O) groups excluding carboxylic acids is 2. The number of nitrogens with zero attached hydrogens (tertiary/aromatic N) is 2. The number of hydrazine groups is 1. The molecule has 0 aromatic heterocycles. The number of amides is 2. The predicted molar refractivity (Wildman–Crippen MR) is 99.6 cm³/mol. The van der Waals surface area contributed by atoms with Crippen LogP contribution in [0.15, 0.2) is 18.2 Å². The predicted octanol–water partition coefficient (Wildman–Crippen LogP) is 1.23. The summed E-state index contributed by atoms with van der Waals surface area (Å²) in [7, 11) is 0. The number of hydrogen-bond acceptors (Lipinski definition) is 4. The van der Waals surface area contributed by atoms with Gasteiger partial charge in [0.1, 0.15) is 6.04 Å². The molecule has 1 aliphatic carbocycles. The highest BCUT2D eigenvalue weighted by atomic mass is 16.2. The first-order valence-corrected chi connectivity index (χ1v) is 9.68. The van der Waals surface area contributed by atoms with Crippen molar-refractivity contribution < 1.29 is 9.59 Å². The van der Waals surface area contributed by atoms with Crippen LogP contribution in [0.25, 0.3) is 0 Å². The monoisotopic (exact) mass is 356 g/mol. The van der Waals surface area contributed by atoms with Gasteiger partial charge < -0.3 is 9.80 Å². The Morgan fingerprint density at radius 3 is 2.15 bits per heavy atom. The maximum Gasteiger partial charge on any atom is 0.253 e. The van der Waals surface area contributed by atoms with Crippen molar-refractivity contribution in [2.45, 2.75) is 45.2 Å². The fourth-order valence-corrected chi connectivity index (χ4v) is 4.18. The van der Waals surface area contributed by atoms with Gasteiger partial charge in [0.05, 0.1) is 0 Å². The quantitative estimate of drug-likeness (QED) is 0.855. The third kappa shape index (κ3) is 3.62. The van der Waals surface area contributed by atoms with Crippen LogP contribution in [0.4, 0.5) is 0 Å². The Hall–Kier alpha value is -1.92. The third-order valence-electron chi connectivity index (χ3n) is 5.77. The molecule has 6 nitrogen and oxygen atoms in total. The fourth-order valence-electron chi connectivity index (χ4n) is 4.18. The van der Waals surface area contributed by atoms with E-state index in [4.69, 9.17) is 0 Å². The Morgan fingerprint density at radius 1 is 0.923 bits per heavy atom. The second-order valence-electron chi connectivity index (χ2n) is 8.01. The number of benzene rings is 1. The molecule has 2 aliphatic heterocycles.